The molecule has 0 N–H and O–H groups in total. The number of allylic oxidation sites excluding steroid dienone is 7. The number of alkyl halides is 3. The fraction of sp³-hybridized carbons (Fsp3) is 0.348. The quantitative estimate of drug-likeness (QED) is 0.178. The highest BCUT2D eigenvalue weighted by atomic mass is 19.4. The van der Waals surface area contributed by atoms with Crippen LogP contribution in [0, 0.1) is 0 Å². The minimum Gasteiger partial charge on any atom is -0.344 e. The summed E-state index contributed by atoms with van der Waals surface area (Å²) in [5, 5.41) is 4.75. The van der Waals surface area contributed by atoms with Crippen molar-refractivity contribution in [3.05, 3.63) is 131 Å². The van der Waals surface area contributed by atoms with E-state index in [-0.39, 0.29) is 17.4 Å². The molecule has 7 heteroatoms. The zero-order chi connectivity index (χ0) is 37.9. The summed E-state index contributed by atoms with van der Waals surface area (Å²) in [5.41, 5.74) is 8.11. The van der Waals surface area contributed by atoms with Crippen molar-refractivity contribution >= 4 is 44.5 Å². The molecule has 0 unspecified atom stereocenters. The summed E-state index contributed by atoms with van der Waals surface area (Å²) in [6.45, 7) is 16.1. The maximum Gasteiger partial charge on any atom is 0.471 e. The van der Waals surface area contributed by atoms with E-state index < -0.39 is 12.1 Å². The minimum atomic E-state index is -5.00. The summed E-state index contributed by atoms with van der Waals surface area (Å²) in [4.78, 5) is 16.4. The number of halogens is 3. The SMILES string of the molecule is CCN(C(=O)C(F)(F)F)C1=C(/C=C/C2=[N+](CC)c3ccc4ccccc4c3C2(C)C)CCC/C1=C\C=C1\N(CC)c2ccc3ccccc3c2C1(C)C. The van der Waals surface area contributed by atoms with Crippen molar-refractivity contribution in [2.45, 2.75) is 84.7 Å². The van der Waals surface area contributed by atoms with Gasteiger partial charge in [0.05, 0.1) is 11.1 Å². The van der Waals surface area contributed by atoms with Gasteiger partial charge in [0.25, 0.3) is 0 Å². The van der Waals surface area contributed by atoms with E-state index in [4.69, 9.17) is 0 Å². The topological polar surface area (TPSA) is 26.6 Å². The van der Waals surface area contributed by atoms with Crippen LogP contribution in [0.5, 0.6) is 0 Å². The van der Waals surface area contributed by atoms with E-state index in [9.17, 15) is 18.0 Å². The lowest BCUT2D eigenvalue weighted by Crippen LogP contribution is -2.41. The molecule has 1 amide bonds. The van der Waals surface area contributed by atoms with Crippen LogP contribution in [0.1, 0.15) is 78.9 Å². The van der Waals surface area contributed by atoms with E-state index in [1.807, 2.05) is 24.3 Å². The van der Waals surface area contributed by atoms with E-state index >= 15 is 0 Å². The van der Waals surface area contributed by atoms with E-state index in [1.165, 1.54) is 32.7 Å². The molecule has 0 aromatic heterocycles. The Kier molecular flexibility index (Phi) is 9.28. The van der Waals surface area contributed by atoms with Gasteiger partial charge in [0.15, 0.2) is 5.71 Å². The molecule has 4 nitrogen and oxygen atoms in total. The number of anilines is 1. The Morgan fingerprint density at radius 3 is 2.08 bits per heavy atom. The van der Waals surface area contributed by atoms with Crippen LogP contribution in [0.15, 0.2) is 120 Å². The molecule has 4 aromatic carbocycles. The van der Waals surface area contributed by atoms with Crippen LogP contribution in [-0.4, -0.2) is 46.9 Å². The largest absolute Gasteiger partial charge is 0.471 e. The Hall–Kier alpha value is -4.91. The number of amides is 1. The predicted molar refractivity (Wildman–Crippen MR) is 212 cm³/mol. The molecule has 53 heavy (non-hydrogen) atoms. The average molecular weight is 717 g/mol. The van der Waals surface area contributed by atoms with Crippen molar-refractivity contribution in [1.82, 2.24) is 4.90 Å². The highest BCUT2D eigenvalue weighted by Crippen LogP contribution is 2.51. The molecule has 0 saturated heterocycles. The van der Waals surface area contributed by atoms with Crippen LogP contribution in [0.2, 0.25) is 0 Å². The fourth-order valence-corrected chi connectivity index (χ4v) is 9.25. The standard InChI is InChI=1S/C46H49F3N3O/c1-8-50-36-26-22-30-16-11-13-20-34(30)40(36)44(4,5)38(50)28-24-32-18-15-19-33(42(32)52(10-3)43(53)46(47,48)49)25-29-39-45(6,7)41-35-21-14-12-17-31(35)23-27-37(41)51(39)9-2/h11-14,16-17,20-29H,8-10,15,18-19H2,1-7H3/q+1. The van der Waals surface area contributed by atoms with Crippen molar-refractivity contribution in [3.8, 4) is 0 Å². The van der Waals surface area contributed by atoms with Crippen molar-refractivity contribution in [3.63, 3.8) is 0 Å². The summed E-state index contributed by atoms with van der Waals surface area (Å²) in [5.74, 6) is -1.83. The van der Waals surface area contributed by atoms with Crippen molar-refractivity contribution in [1.29, 1.82) is 0 Å². The van der Waals surface area contributed by atoms with Crippen LogP contribution in [0.4, 0.5) is 24.5 Å². The number of hydrogen-bond donors (Lipinski definition) is 0. The predicted octanol–water partition coefficient (Wildman–Crippen LogP) is 11.4. The van der Waals surface area contributed by atoms with Crippen molar-refractivity contribution < 1.29 is 22.5 Å². The number of fused-ring (bicyclic) bond motifs is 6. The van der Waals surface area contributed by atoms with Crippen LogP contribution in [-0.2, 0) is 15.6 Å². The normalized spacial score (nSPS) is 19.7. The molecule has 0 fully saturated rings. The lowest BCUT2D eigenvalue weighted by atomic mass is 9.78. The maximum atomic E-state index is 14.2. The van der Waals surface area contributed by atoms with Crippen LogP contribution >= 0.6 is 0 Å². The molecular weight excluding hydrogens is 668 g/mol. The molecule has 0 radical (unpaired) electrons. The van der Waals surface area contributed by atoms with Gasteiger partial charge in [-0.25, -0.2) is 0 Å². The Labute approximate surface area is 311 Å². The number of nitrogens with zero attached hydrogens (tertiary/aromatic N) is 3. The van der Waals surface area contributed by atoms with Gasteiger partial charge >= 0.3 is 12.1 Å². The summed E-state index contributed by atoms with van der Waals surface area (Å²) in [6.07, 6.45) is 5.04. The third kappa shape index (κ3) is 5.93. The first-order valence-electron chi connectivity index (χ1n) is 18.9. The third-order valence-corrected chi connectivity index (χ3v) is 11.6. The monoisotopic (exact) mass is 716 g/mol. The molecule has 1 aliphatic carbocycles. The molecule has 4 aromatic rings. The number of likely N-dealkylation sites (N-methyl/N-ethyl adjacent to an activating group) is 2. The Balaban J connectivity index is 1.37. The smallest absolute Gasteiger partial charge is 0.344 e. The summed E-state index contributed by atoms with van der Waals surface area (Å²) >= 11 is 0. The first kappa shape index (κ1) is 36.4. The van der Waals surface area contributed by atoms with Crippen LogP contribution in [0.25, 0.3) is 21.5 Å². The molecule has 2 heterocycles. The Morgan fingerprint density at radius 2 is 1.45 bits per heavy atom. The third-order valence-electron chi connectivity index (χ3n) is 11.6. The maximum absolute atomic E-state index is 14.2. The number of carbonyl (C=O) groups excluding carboxylic acids is 1. The number of benzene rings is 4. The molecule has 274 valence electrons. The van der Waals surface area contributed by atoms with Gasteiger partial charge in [-0.1, -0.05) is 80.6 Å². The van der Waals surface area contributed by atoms with Gasteiger partial charge in [0.1, 0.15) is 6.54 Å². The number of carbonyl (C=O) groups is 1. The molecule has 0 spiro atoms. The van der Waals surface area contributed by atoms with Gasteiger partial charge < -0.3 is 9.80 Å². The van der Waals surface area contributed by atoms with Crippen LogP contribution < -0.4 is 4.90 Å². The summed E-state index contributed by atoms with van der Waals surface area (Å²) < 4.78 is 45.0. The highest BCUT2D eigenvalue weighted by Gasteiger charge is 2.46. The zero-order valence-corrected chi connectivity index (χ0v) is 31.9. The zero-order valence-electron chi connectivity index (χ0n) is 31.9. The first-order chi connectivity index (χ1) is 25.2. The van der Waals surface area contributed by atoms with E-state index in [2.05, 4.69) is 124 Å². The van der Waals surface area contributed by atoms with Crippen LogP contribution in [0.3, 0.4) is 0 Å². The van der Waals surface area contributed by atoms with E-state index in [1.54, 1.807) is 6.92 Å². The average Bonchev–Trinajstić information content (AvgIpc) is 3.51. The van der Waals surface area contributed by atoms with Crippen molar-refractivity contribution in [2.24, 2.45) is 0 Å². The van der Waals surface area contributed by atoms with Gasteiger partial charge in [0, 0.05) is 47.6 Å². The lowest BCUT2D eigenvalue weighted by Gasteiger charge is -2.32. The van der Waals surface area contributed by atoms with E-state index in [0.717, 1.165) is 58.3 Å². The van der Waals surface area contributed by atoms with Gasteiger partial charge in [-0.15, -0.1) is 0 Å². The number of hydrogen-bond acceptors (Lipinski definition) is 2. The molecule has 2 aliphatic heterocycles. The second-order valence-corrected chi connectivity index (χ2v) is 15.3. The second kappa shape index (κ2) is 13.5. The molecule has 7 rings (SSSR count). The lowest BCUT2D eigenvalue weighted by molar-refractivity contribution is -0.433. The van der Waals surface area contributed by atoms with Crippen molar-refractivity contribution in [2.75, 3.05) is 24.5 Å². The number of rotatable bonds is 7. The summed E-state index contributed by atoms with van der Waals surface area (Å²) in [7, 11) is 0. The minimum absolute atomic E-state index is 0.0937. The van der Waals surface area contributed by atoms with Gasteiger partial charge in [-0.2, -0.15) is 17.7 Å². The molecule has 0 bridgehead atoms. The van der Waals surface area contributed by atoms with Gasteiger partial charge in [-0.05, 0) is 110 Å². The first-order valence-corrected chi connectivity index (χ1v) is 18.9. The van der Waals surface area contributed by atoms with Gasteiger partial charge in [0.2, 0.25) is 5.69 Å². The second-order valence-electron chi connectivity index (χ2n) is 15.3. The molecular formula is C46H49F3N3O+. The van der Waals surface area contributed by atoms with E-state index in [0.29, 0.717) is 18.5 Å². The summed E-state index contributed by atoms with van der Waals surface area (Å²) in [6, 6.07) is 25.5. The van der Waals surface area contributed by atoms with Gasteiger partial charge in [-0.3, -0.25) is 4.79 Å². The Morgan fingerprint density at radius 1 is 0.811 bits per heavy atom. The molecule has 0 atom stereocenters. The molecule has 0 saturated carbocycles. The molecule has 3 aliphatic rings. The Bertz CT molecular complexity index is 2300. The fourth-order valence-electron chi connectivity index (χ4n) is 9.25. The highest BCUT2D eigenvalue weighted by molar-refractivity contribution is 6.08.